The molecule has 1 aliphatic rings. The van der Waals surface area contributed by atoms with Crippen molar-refractivity contribution in [2.45, 2.75) is 31.8 Å². The third-order valence-corrected chi connectivity index (χ3v) is 3.73. The molecule has 1 aliphatic heterocycles. The van der Waals surface area contributed by atoms with E-state index in [4.69, 9.17) is 5.73 Å². The van der Waals surface area contributed by atoms with Gasteiger partial charge in [-0.25, -0.2) is 0 Å². The summed E-state index contributed by atoms with van der Waals surface area (Å²) in [6.45, 7) is 4.33. The SMILES string of the molecule is CC(N)CN1CCCC1c1cccs1.Cl. The highest BCUT2D eigenvalue weighted by atomic mass is 35.5. The van der Waals surface area contributed by atoms with Crippen LogP contribution in [0.5, 0.6) is 0 Å². The van der Waals surface area contributed by atoms with Crippen LogP contribution >= 0.6 is 23.7 Å². The summed E-state index contributed by atoms with van der Waals surface area (Å²) in [5.41, 5.74) is 5.85. The van der Waals surface area contributed by atoms with Crippen LogP contribution in [0, 0.1) is 0 Å². The fraction of sp³-hybridized carbons (Fsp3) is 0.636. The first-order valence-electron chi connectivity index (χ1n) is 5.30. The lowest BCUT2D eigenvalue weighted by Gasteiger charge is -2.25. The average Bonchev–Trinajstić information content (AvgIpc) is 2.70. The lowest BCUT2D eigenvalue weighted by molar-refractivity contribution is 0.248. The Kier molecular flexibility index (Phi) is 5.06. The monoisotopic (exact) mass is 246 g/mol. The maximum absolute atomic E-state index is 5.85. The second-order valence-corrected chi connectivity index (χ2v) is 5.12. The molecule has 2 atom stereocenters. The van der Waals surface area contributed by atoms with Gasteiger partial charge in [0.2, 0.25) is 0 Å². The summed E-state index contributed by atoms with van der Waals surface area (Å²) in [7, 11) is 0. The number of hydrogen-bond acceptors (Lipinski definition) is 3. The number of thiophene rings is 1. The topological polar surface area (TPSA) is 29.3 Å². The van der Waals surface area contributed by atoms with E-state index in [1.54, 1.807) is 0 Å². The number of halogens is 1. The van der Waals surface area contributed by atoms with Crippen molar-refractivity contribution >= 4 is 23.7 Å². The molecule has 4 heteroatoms. The van der Waals surface area contributed by atoms with Gasteiger partial charge in [0.05, 0.1) is 0 Å². The Morgan fingerprint density at radius 2 is 2.47 bits per heavy atom. The van der Waals surface area contributed by atoms with Gasteiger partial charge in [-0.2, -0.15) is 0 Å². The lowest BCUT2D eigenvalue weighted by atomic mass is 10.2. The smallest absolute Gasteiger partial charge is 0.0442 e. The Hall–Kier alpha value is -0.0900. The van der Waals surface area contributed by atoms with Crippen LogP contribution in [0.4, 0.5) is 0 Å². The summed E-state index contributed by atoms with van der Waals surface area (Å²) >= 11 is 1.87. The fourth-order valence-electron chi connectivity index (χ4n) is 2.22. The van der Waals surface area contributed by atoms with Crippen LogP contribution in [-0.4, -0.2) is 24.0 Å². The zero-order valence-electron chi connectivity index (χ0n) is 9.06. The zero-order valence-corrected chi connectivity index (χ0v) is 10.7. The van der Waals surface area contributed by atoms with E-state index in [1.807, 2.05) is 11.3 Å². The third kappa shape index (κ3) is 3.18. The molecule has 1 aromatic heterocycles. The molecule has 0 bridgehead atoms. The second kappa shape index (κ2) is 5.85. The summed E-state index contributed by atoms with van der Waals surface area (Å²) in [6, 6.07) is 5.31. The lowest BCUT2D eigenvalue weighted by Crippen LogP contribution is -2.34. The highest BCUT2D eigenvalue weighted by molar-refractivity contribution is 7.10. The van der Waals surface area contributed by atoms with Gasteiger partial charge in [0, 0.05) is 23.5 Å². The molecule has 2 rings (SSSR count). The number of nitrogens with zero attached hydrogens (tertiary/aromatic N) is 1. The van der Waals surface area contributed by atoms with Crippen LogP contribution < -0.4 is 5.73 Å². The number of hydrogen-bond donors (Lipinski definition) is 1. The first-order chi connectivity index (χ1) is 6.77. The molecule has 0 saturated carbocycles. The quantitative estimate of drug-likeness (QED) is 0.889. The number of likely N-dealkylation sites (tertiary alicyclic amines) is 1. The van der Waals surface area contributed by atoms with Crippen LogP contribution in [0.1, 0.15) is 30.7 Å². The largest absolute Gasteiger partial charge is 0.327 e. The van der Waals surface area contributed by atoms with Gasteiger partial charge in [-0.05, 0) is 37.8 Å². The van der Waals surface area contributed by atoms with Crippen molar-refractivity contribution in [1.82, 2.24) is 4.90 Å². The third-order valence-electron chi connectivity index (χ3n) is 2.76. The molecule has 0 spiro atoms. The van der Waals surface area contributed by atoms with E-state index in [1.165, 1.54) is 24.3 Å². The molecule has 2 nitrogen and oxygen atoms in total. The Labute approximate surface area is 102 Å². The Balaban J connectivity index is 0.00000112. The van der Waals surface area contributed by atoms with Crippen LogP contribution in [-0.2, 0) is 0 Å². The molecular weight excluding hydrogens is 228 g/mol. The predicted molar refractivity (Wildman–Crippen MR) is 68.8 cm³/mol. The summed E-state index contributed by atoms with van der Waals surface area (Å²) in [5.74, 6) is 0. The van der Waals surface area contributed by atoms with Gasteiger partial charge in [-0.1, -0.05) is 6.07 Å². The van der Waals surface area contributed by atoms with E-state index in [9.17, 15) is 0 Å². The summed E-state index contributed by atoms with van der Waals surface area (Å²) in [6.07, 6.45) is 2.61. The molecule has 0 amide bonds. The minimum absolute atomic E-state index is 0. The average molecular weight is 247 g/mol. The van der Waals surface area contributed by atoms with E-state index in [2.05, 4.69) is 29.3 Å². The Morgan fingerprint density at radius 3 is 3.07 bits per heavy atom. The van der Waals surface area contributed by atoms with Crippen molar-refractivity contribution in [3.05, 3.63) is 22.4 Å². The Bertz CT molecular complexity index is 274. The van der Waals surface area contributed by atoms with Crippen LogP contribution in [0.15, 0.2) is 17.5 Å². The van der Waals surface area contributed by atoms with Crippen molar-refractivity contribution < 1.29 is 0 Å². The summed E-state index contributed by atoms with van der Waals surface area (Å²) in [4.78, 5) is 4.03. The van der Waals surface area contributed by atoms with Gasteiger partial charge in [0.25, 0.3) is 0 Å². The second-order valence-electron chi connectivity index (χ2n) is 4.15. The molecule has 15 heavy (non-hydrogen) atoms. The molecule has 2 heterocycles. The summed E-state index contributed by atoms with van der Waals surface area (Å²) in [5, 5.41) is 2.16. The zero-order chi connectivity index (χ0) is 9.97. The molecule has 0 aromatic carbocycles. The van der Waals surface area contributed by atoms with Crippen LogP contribution in [0.25, 0.3) is 0 Å². The molecule has 2 unspecified atom stereocenters. The van der Waals surface area contributed by atoms with E-state index in [0.29, 0.717) is 6.04 Å². The standard InChI is InChI=1S/C11H18N2S.ClH/c1-9(12)8-13-6-2-4-10(13)11-5-3-7-14-11;/h3,5,7,9-10H,2,4,6,8,12H2,1H3;1H. The summed E-state index contributed by atoms with van der Waals surface area (Å²) < 4.78 is 0. The molecule has 1 fully saturated rings. The van der Waals surface area contributed by atoms with Gasteiger partial charge >= 0.3 is 0 Å². The van der Waals surface area contributed by atoms with Crippen molar-refractivity contribution in [2.24, 2.45) is 5.73 Å². The van der Waals surface area contributed by atoms with Crippen LogP contribution in [0.3, 0.4) is 0 Å². The molecule has 2 N–H and O–H groups in total. The van der Waals surface area contributed by atoms with E-state index < -0.39 is 0 Å². The predicted octanol–water partition coefficient (Wildman–Crippen LogP) is 2.65. The van der Waals surface area contributed by atoms with Gasteiger partial charge in [-0.3, -0.25) is 4.90 Å². The minimum atomic E-state index is 0. The molecular formula is C11H19ClN2S. The van der Waals surface area contributed by atoms with Gasteiger partial charge in [-0.15, -0.1) is 23.7 Å². The van der Waals surface area contributed by atoms with Crippen molar-refractivity contribution in [3.63, 3.8) is 0 Å². The van der Waals surface area contributed by atoms with Crippen LogP contribution in [0.2, 0.25) is 0 Å². The van der Waals surface area contributed by atoms with E-state index in [-0.39, 0.29) is 18.4 Å². The van der Waals surface area contributed by atoms with E-state index >= 15 is 0 Å². The highest BCUT2D eigenvalue weighted by Gasteiger charge is 2.26. The first-order valence-corrected chi connectivity index (χ1v) is 6.18. The minimum Gasteiger partial charge on any atom is -0.327 e. The first kappa shape index (κ1) is 13.0. The normalized spacial score (nSPS) is 23.7. The van der Waals surface area contributed by atoms with Gasteiger partial charge < -0.3 is 5.73 Å². The molecule has 86 valence electrons. The number of nitrogens with two attached hydrogens (primary N) is 1. The van der Waals surface area contributed by atoms with Crippen molar-refractivity contribution in [3.8, 4) is 0 Å². The maximum atomic E-state index is 5.85. The molecule has 1 saturated heterocycles. The molecule has 0 aliphatic carbocycles. The number of rotatable bonds is 3. The maximum Gasteiger partial charge on any atom is 0.0442 e. The molecule has 0 radical (unpaired) electrons. The fourth-order valence-corrected chi connectivity index (χ4v) is 3.11. The van der Waals surface area contributed by atoms with E-state index in [0.717, 1.165) is 6.54 Å². The Morgan fingerprint density at radius 1 is 1.67 bits per heavy atom. The van der Waals surface area contributed by atoms with Crippen molar-refractivity contribution in [1.29, 1.82) is 0 Å². The van der Waals surface area contributed by atoms with Crippen molar-refractivity contribution in [2.75, 3.05) is 13.1 Å². The van der Waals surface area contributed by atoms with Gasteiger partial charge in [0.15, 0.2) is 0 Å². The highest BCUT2D eigenvalue weighted by Crippen LogP contribution is 2.34. The van der Waals surface area contributed by atoms with Gasteiger partial charge in [0.1, 0.15) is 0 Å². The molecule has 1 aromatic rings.